The van der Waals surface area contributed by atoms with E-state index in [-0.39, 0.29) is 18.2 Å². The first-order chi connectivity index (χ1) is 15.9. The molecule has 0 saturated heterocycles. The third-order valence-corrected chi connectivity index (χ3v) is 5.41. The van der Waals surface area contributed by atoms with E-state index in [4.69, 9.17) is 4.74 Å². The maximum absolute atomic E-state index is 12.5. The van der Waals surface area contributed by atoms with Gasteiger partial charge in [-0.25, -0.2) is 9.67 Å². The lowest BCUT2D eigenvalue weighted by Crippen LogP contribution is -2.14. The molecule has 0 fully saturated rings. The summed E-state index contributed by atoms with van der Waals surface area (Å²) in [4.78, 5) is 16.9. The SMILES string of the molecule is Cc1ccc(OCn2ccc(C(=O)Nc3nc(-c4ccc(OC(F)F)cc4)cs3)n2)c(C)c1. The first-order valence-electron chi connectivity index (χ1n) is 9.93. The molecule has 0 aliphatic carbocycles. The fourth-order valence-corrected chi connectivity index (χ4v) is 3.80. The zero-order chi connectivity index (χ0) is 23.4. The number of rotatable bonds is 8. The highest BCUT2D eigenvalue weighted by molar-refractivity contribution is 7.14. The number of anilines is 1. The average molecular weight is 471 g/mol. The number of nitrogens with zero attached hydrogens (tertiary/aromatic N) is 3. The number of aryl methyl sites for hydroxylation is 2. The molecule has 4 rings (SSSR count). The van der Waals surface area contributed by atoms with Crippen LogP contribution in [0.25, 0.3) is 11.3 Å². The van der Waals surface area contributed by atoms with E-state index in [1.807, 2.05) is 32.0 Å². The van der Waals surface area contributed by atoms with Crippen LogP contribution < -0.4 is 14.8 Å². The monoisotopic (exact) mass is 470 g/mol. The van der Waals surface area contributed by atoms with Gasteiger partial charge in [-0.3, -0.25) is 10.1 Å². The molecule has 0 bridgehead atoms. The van der Waals surface area contributed by atoms with Gasteiger partial charge in [0.1, 0.15) is 11.5 Å². The molecule has 0 radical (unpaired) electrons. The molecule has 0 spiro atoms. The Morgan fingerprint density at radius 2 is 1.94 bits per heavy atom. The predicted molar refractivity (Wildman–Crippen MR) is 121 cm³/mol. The lowest BCUT2D eigenvalue weighted by molar-refractivity contribution is -0.0498. The summed E-state index contributed by atoms with van der Waals surface area (Å²) in [6.07, 6.45) is 1.66. The lowest BCUT2D eigenvalue weighted by Gasteiger charge is -2.09. The van der Waals surface area contributed by atoms with Crippen LogP contribution in [0.15, 0.2) is 60.1 Å². The Kier molecular flexibility index (Phi) is 6.64. The number of benzene rings is 2. The molecule has 1 N–H and O–H groups in total. The van der Waals surface area contributed by atoms with Gasteiger partial charge >= 0.3 is 6.61 Å². The maximum Gasteiger partial charge on any atom is 0.387 e. The highest BCUT2D eigenvalue weighted by atomic mass is 32.1. The molecular weight excluding hydrogens is 450 g/mol. The molecule has 0 saturated carbocycles. The number of halogens is 2. The molecule has 0 atom stereocenters. The summed E-state index contributed by atoms with van der Waals surface area (Å²) < 4.78 is 36.2. The summed E-state index contributed by atoms with van der Waals surface area (Å²) in [6, 6.07) is 13.6. The zero-order valence-electron chi connectivity index (χ0n) is 17.8. The topological polar surface area (TPSA) is 78.3 Å². The van der Waals surface area contributed by atoms with Crippen LogP contribution >= 0.6 is 11.3 Å². The van der Waals surface area contributed by atoms with Crippen molar-refractivity contribution < 1.29 is 23.0 Å². The van der Waals surface area contributed by atoms with Crippen molar-refractivity contribution in [3.63, 3.8) is 0 Å². The number of amides is 1. The highest BCUT2D eigenvalue weighted by Crippen LogP contribution is 2.27. The van der Waals surface area contributed by atoms with Gasteiger partial charge in [0.2, 0.25) is 0 Å². The van der Waals surface area contributed by atoms with Gasteiger partial charge in [-0.15, -0.1) is 11.3 Å². The van der Waals surface area contributed by atoms with Crippen molar-refractivity contribution in [2.24, 2.45) is 0 Å². The minimum atomic E-state index is -2.88. The molecule has 2 heterocycles. The second kappa shape index (κ2) is 9.78. The summed E-state index contributed by atoms with van der Waals surface area (Å²) in [5, 5.41) is 9.12. The second-order valence-electron chi connectivity index (χ2n) is 7.18. The van der Waals surface area contributed by atoms with Crippen molar-refractivity contribution in [3.8, 4) is 22.8 Å². The average Bonchev–Trinajstić information content (AvgIpc) is 3.43. The number of carbonyl (C=O) groups excluding carboxylic acids is 1. The summed E-state index contributed by atoms with van der Waals surface area (Å²) in [7, 11) is 0. The van der Waals surface area contributed by atoms with Crippen LogP contribution in [0.1, 0.15) is 21.6 Å². The minimum absolute atomic E-state index is 0.0645. The standard InChI is InChI=1S/C23H20F2N4O3S/c1-14-3-8-20(15(2)11-14)31-13-29-10-9-18(28-29)21(30)27-23-26-19(12-33-23)16-4-6-17(7-5-16)32-22(24)25/h3-12,22H,13H2,1-2H3,(H,26,27,30). The third kappa shape index (κ3) is 5.72. The van der Waals surface area contributed by atoms with Gasteiger partial charge in [-0.05, 0) is 55.8 Å². The molecule has 0 aliphatic rings. The molecule has 2 aromatic carbocycles. The fraction of sp³-hybridized carbons (Fsp3) is 0.174. The zero-order valence-corrected chi connectivity index (χ0v) is 18.6. The van der Waals surface area contributed by atoms with Crippen LogP contribution in [0.5, 0.6) is 11.5 Å². The smallest absolute Gasteiger partial charge is 0.387 e. The molecule has 2 aromatic heterocycles. The Balaban J connectivity index is 1.35. The number of ether oxygens (including phenoxy) is 2. The molecule has 33 heavy (non-hydrogen) atoms. The Hall–Kier alpha value is -3.79. The van der Waals surface area contributed by atoms with E-state index in [1.54, 1.807) is 29.8 Å². The van der Waals surface area contributed by atoms with Crippen LogP contribution in [0.2, 0.25) is 0 Å². The van der Waals surface area contributed by atoms with Gasteiger partial charge in [-0.2, -0.15) is 13.9 Å². The number of hydrogen-bond donors (Lipinski definition) is 1. The normalized spacial score (nSPS) is 10.9. The van der Waals surface area contributed by atoms with Crippen molar-refractivity contribution in [1.82, 2.24) is 14.8 Å². The first-order valence-corrected chi connectivity index (χ1v) is 10.8. The molecule has 1 amide bonds. The van der Waals surface area contributed by atoms with E-state index in [0.717, 1.165) is 16.9 Å². The van der Waals surface area contributed by atoms with Crippen LogP contribution in [0.3, 0.4) is 0 Å². The van der Waals surface area contributed by atoms with Crippen LogP contribution in [-0.4, -0.2) is 27.3 Å². The van der Waals surface area contributed by atoms with Crippen LogP contribution in [0.4, 0.5) is 13.9 Å². The minimum Gasteiger partial charge on any atom is -0.471 e. The van der Waals surface area contributed by atoms with Crippen molar-refractivity contribution in [1.29, 1.82) is 0 Å². The van der Waals surface area contributed by atoms with E-state index in [2.05, 4.69) is 20.1 Å². The highest BCUT2D eigenvalue weighted by Gasteiger charge is 2.13. The number of hydrogen-bond acceptors (Lipinski definition) is 6. The predicted octanol–water partition coefficient (Wildman–Crippen LogP) is 5.51. The van der Waals surface area contributed by atoms with E-state index >= 15 is 0 Å². The largest absolute Gasteiger partial charge is 0.471 e. The Labute approximate surface area is 192 Å². The van der Waals surface area contributed by atoms with Crippen molar-refractivity contribution in [2.75, 3.05) is 5.32 Å². The van der Waals surface area contributed by atoms with Gasteiger partial charge in [0.15, 0.2) is 17.6 Å². The van der Waals surface area contributed by atoms with E-state index in [1.165, 1.54) is 28.2 Å². The summed E-state index contributed by atoms with van der Waals surface area (Å²) in [5.74, 6) is 0.419. The van der Waals surface area contributed by atoms with Gasteiger partial charge < -0.3 is 9.47 Å². The molecule has 0 unspecified atom stereocenters. The van der Waals surface area contributed by atoms with Gasteiger partial charge in [0.05, 0.1) is 5.69 Å². The van der Waals surface area contributed by atoms with Crippen LogP contribution in [0, 0.1) is 13.8 Å². The van der Waals surface area contributed by atoms with E-state index in [9.17, 15) is 13.6 Å². The van der Waals surface area contributed by atoms with E-state index in [0.29, 0.717) is 16.4 Å². The van der Waals surface area contributed by atoms with Gasteiger partial charge in [-0.1, -0.05) is 17.7 Å². The quantitative estimate of drug-likeness (QED) is 0.367. The van der Waals surface area contributed by atoms with Crippen LogP contribution in [-0.2, 0) is 6.73 Å². The van der Waals surface area contributed by atoms with Crippen molar-refractivity contribution in [2.45, 2.75) is 27.2 Å². The second-order valence-corrected chi connectivity index (χ2v) is 8.04. The Morgan fingerprint density at radius 3 is 2.67 bits per heavy atom. The number of aromatic nitrogens is 3. The number of nitrogens with one attached hydrogen (secondary N) is 1. The van der Waals surface area contributed by atoms with Gasteiger partial charge in [0, 0.05) is 17.1 Å². The van der Waals surface area contributed by atoms with E-state index < -0.39 is 12.5 Å². The summed E-state index contributed by atoms with van der Waals surface area (Å²) in [5.41, 5.74) is 3.72. The van der Waals surface area contributed by atoms with Gasteiger partial charge in [0.25, 0.3) is 5.91 Å². The van der Waals surface area contributed by atoms with Crippen molar-refractivity contribution >= 4 is 22.4 Å². The van der Waals surface area contributed by atoms with Crippen molar-refractivity contribution in [3.05, 3.63) is 76.9 Å². The summed E-state index contributed by atoms with van der Waals surface area (Å²) in [6.45, 7) is 1.28. The maximum atomic E-state index is 12.5. The Bertz CT molecular complexity index is 1250. The molecule has 0 aliphatic heterocycles. The fourth-order valence-electron chi connectivity index (χ4n) is 3.08. The molecule has 7 nitrogen and oxygen atoms in total. The molecule has 10 heteroatoms. The molecule has 4 aromatic rings. The molecule has 170 valence electrons. The summed E-state index contributed by atoms with van der Waals surface area (Å²) >= 11 is 1.25. The first kappa shape index (κ1) is 22.4. The molecular formula is C23H20F2N4O3S. The number of alkyl halides is 2. The number of thiazole rings is 1. The third-order valence-electron chi connectivity index (χ3n) is 4.66. The lowest BCUT2D eigenvalue weighted by atomic mass is 10.1. The number of carbonyl (C=O) groups is 1. The Morgan fingerprint density at radius 1 is 1.15 bits per heavy atom.